The van der Waals surface area contributed by atoms with Gasteiger partial charge in [0.1, 0.15) is 5.70 Å². The van der Waals surface area contributed by atoms with Gasteiger partial charge in [0, 0.05) is 20.0 Å². The summed E-state index contributed by atoms with van der Waals surface area (Å²) in [4.78, 5) is 26.0. The molecule has 1 aromatic carbocycles. The second-order valence-electron chi connectivity index (χ2n) is 5.71. The molecule has 0 unspecified atom stereocenters. The van der Waals surface area contributed by atoms with E-state index in [0.29, 0.717) is 5.70 Å². The molecule has 22 heavy (non-hydrogen) atoms. The number of benzene rings is 1. The van der Waals surface area contributed by atoms with Crippen molar-refractivity contribution in [3.05, 3.63) is 41.6 Å². The second-order valence-corrected chi connectivity index (χ2v) is 5.71. The third-order valence-corrected chi connectivity index (χ3v) is 3.79. The maximum atomic E-state index is 12.7. The summed E-state index contributed by atoms with van der Waals surface area (Å²) in [6.45, 7) is 2.97. The first-order valence-electron chi connectivity index (χ1n) is 8.00. The smallest absolute Gasteiger partial charge is 0.270 e. The van der Waals surface area contributed by atoms with Gasteiger partial charge < -0.3 is 10.2 Å². The molecule has 0 saturated carbocycles. The van der Waals surface area contributed by atoms with E-state index in [9.17, 15) is 9.59 Å². The number of nitrogens with zero attached hydrogens (tertiary/aromatic N) is 1. The fourth-order valence-electron chi connectivity index (χ4n) is 2.68. The molecule has 1 N–H and O–H groups in total. The minimum atomic E-state index is -0.220. The zero-order valence-corrected chi connectivity index (χ0v) is 13.2. The van der Waals surface area contributed by atoms with Crippen molar-refractivity contribution in [3.63, 3.8) is 0 Å². The normalized spacial score (nSPS) is 16.6. The van der Waals surface area contributed by atoms with Crippen molar-refractivity contribution in [2.75, 3.05) is 13.1 Å². The Labute approximate surface area is 132 Å². The maximum Gasteiger partial charge on any atom is 0.270 e. The van der Waals surface area contributed by atoms with Crippen LogP contribution in [0.25, 0.3) is 6.08 Å². The molecule has 2 amide bonds. The Kier molecular flexibility index (Phi) is 6.19. The molecule has 0 bridgehead atoms. The first kappa shape index (κ1) is 16.3. The molecule has 1 saturated heterocycles. The summed E-state index contributed by atoms with van der Waals surface area (Å²) in [7, 11) is 0. The van der Waals surface area contributed by atoms with E-state index in [1.165, 1.54) is 26.2 Å². The zero-order chi connectivity index (χ0) is 15.8. The van der Waals surface area contributed by atoms with E-state index in [0.717, 1.165) is 31.5 Å². The molecule has 4 heteroatoms. The molecular weight excluding hydrogens is 276 g/mol. The number of likely N-dealkylation sites (tertiary alicyclic amines) is 1. The Morgan fingerprint density at radius 1 is 1.00 bits per heavy atom. The first-order chi connectivity index (χ1) is 10.7. The van der Waals surface area contributed by atoms with Crippen LogP contribution in [0.3, 0.4) is 0 Å². The van der Waals surface area contributed by atoms with Gasteiger partial charge in [-0.1, -0.05) is 49.6 Å². The lowest BCUT2D eigenvalue weighted by Gasteiger charge is -2.26. The standard InChI is InChI=1S/C18H24N2O2/c1-15(21)19-17(14-16-10-6-5-7-11-16)18(22)20-12-8-3-2-4-9-13-20/h5-7,10-11,14H,2-4,8-9,12-13H2,1H3,(H,19,21). The fourth-order valence-corrected chi connectivity index (χ4v) is 2.68. The zero-order valence-electron chi connectivity index (χ0n) is 13.2. The topological polar surface area (TPSA) is 49.4 Å². The van der Waals surface area contributed by atoms with Gasteiger partial charge in [0.2, 0.25) is 5.91 Å². The third kappa shape index (κ3) is 5.02. The first-order valence-corrected chi connectivity index (χ1v) is 8.00. The van der Waals surface area contributed by atoms with Crippen molar-refractivity contribution in [1.82, 2.24) is 10.2 Å². The summed E-state index contributed by atoms with van der Waals surface area (Å²) >= 11 is 0. The van der Waals surface area contributed by atoms with Gasteiger partial charge in [-0.05, 0) is 24.5 Å². The highest BCUT2D eigenvalue weighted by atomic mass is 16.2. The maximum absolute atomic E-state index is 12.7. The highest BCUT2D eigenvalue weighted by molar-refractivity contribution is 6.00. The number of carbonyl (C=O) groups is 2. The van der Waals surface area contributed by atoms with Gasteiger partial charge in [0.25, 0.3) is 5.91 Å². The number of hydrogen-bond acceptors (Lipinski definition) is 2. The van der Waals surface area contributed by atoms with Gasteiger partial charge >= 0.3 is 0 Å². The summed E-state index contributed by atoms with van der Waals surface area (Å²) in [5.74, 6) is -0.302. The largest absolute Gasteiger partial charge is 0.337 e. The van der Waals surface area contributed by atoms with Crippen molar-refractivity contribution in [2.24, 2.45) is 0 Å². The Hall–Kier alpha value is -2.10. The van der Waals surface area contributed by atoms with E-state index in [4.69, 9.17) is 0 Å². The number of rotatable bonds is 3. The predicted molar refractivity (Wildman–Crippen MR) is 87.9 cm³/mol. The Balaban J connectivity index is 2.18. The summed E-state index contributed by atoms with van der Waals surface area (Å²) in [6.07, 6.45) is 7.40. The van der Waals surface area contributed by atoms with Crippen molar-refractivity contribution in [3.8, 4) is 0 Å². The molecule has 1 fully saturated rings. The molecule has 4 nitrogen and oxygen atoms in total. The molecule has 0 aliphatic carbocycles. The van der Waals surface area contributed by atoms with Crippen LogP contribution in [0.15, 0.2) is 36.0 Å². The third-order valence-electron chi connectivity index (χ3n) is 3.79. The summed E-state index contributed by atoms with van der Waals surface area (Å²) in [6, 6.07) is 9.59. The van der Waals surface area contributed by atoms with E-state index in [1.807, 2.05) is 35.2 Å². The van der Waals surface area contributed by atoms with Crippen LogP contribution in [0.5, 0.6) is 0 Å². The summed E-state index contributed by atoms with van der Waals surface area (Å²) < 4.78 is 0. The monoisotopic (exact) mass is 300 g/mol. The van der Waals surface area contributed by atoms with Gasteiger partial charge in [0.15, 0.2) is 0 Å². The molecule has 0 radical (unpaired) electrons. The molecule has 2 rings (SSSR count). The van der Waals surface area contributed by atoms with Crippen LogP contribution in [-0.2, 0) is 9.59 Å². The van der Waals surface area contributed by atoms with Crippen LogP contribution in [0.4, 0.5) is 0 Å². The molecule has 0 spiro atoms. The fraction of sp³-hybridized carbons (Fsp3) is 0.444. The van der Waals surface area contributed by atoms with Gasteiger partial charge in [-0.3, -0.25) is 9.59 Å². The van der Waals surface area contributed by atoms with E-state index in [-0.39, 0.29) is 11.8 Å². The summed E-state index contributed by atoms with van der Waals surface area (Å²) in [5.41, 5.74) is 1.27. The lowest BCUT2D eigenvalue weighted by molar-refractivity contribution is -0.129. The van der Waals surface area contributed by atoms with E-state index in [2.05, 4.69) is 5.32 Å². The Bertz CT molecular complexity index is 529. The average Bonchev–Trinajstić information content (AvgIpc) is 2.46. The number of carbonyl (C=O) groups excluding carboxylic acids is 2. The highest BCUT2D eigenvalue weighted by Crippen LogP contribution is 2.14. The van der Waals surface area contributed by atoms with Gasteiger partial charge in [-0.15, -0.1) is 0 Å². The van der Waals surface area contributed by atoms with E-state index in [1.54, 1.807) is 6.08 Å². The minimum Gasteiger partial charge on any atom is -0.337 e. The van der Waals surface area contributed by atoms with Crippen LogP contribution in [-0.4, -0.2) is 29.8 Å². The highest BCUT2D eigenvalue weighted by Gasteiger charge is 2.19. The van der Waals surface area contributed by atoms with E-state index >= 15 is 0 Å². The van der Waals surface area contributed by atoms with Crippen molar-refractivity contribution >= 4 is 17.9 Å². The van der Waals surface area contributed by atoms with Crippen LogP contribution < -0.4 is 5.32 Å². The van der Waals surface area contributed by atoms with E-state index < -0.39 is 0 Å². The number of hydrogen-bond donors (Lipinski definition) is 1. The SMILES string of the molecule is CC(=O)NC(=Cc1ccccc1)C(=O)N1CCCCCCC1. The lowest BCUT2D eigenvalue weighted by Crippen LogP contribution is -2.39. The molecule has 1 aliphatic rings. The number of nitrogens with one attached hydrogen (secondary N) is 1. The predicted octanol–water partition coefficient (Wildman–Crippen LogP) is 2.96. The minimum absolute atomic E-state index is 0.0825. The molecule has 118 valence electrons. The quantitative estimate of drug-likeness (QED) is 0.873. The molecule has 0 aromatic heterocycles. The molecule has 1 aliphatic heterocycles. The van der Waals surface area contributed by atoms with Crippen LogP contribution in [0, 0.1) is 0 Å². The lowest BCUT2D eigenvalue weighted by atomic mass is 10.1. The Morgan fingerprint density at radius 2 is 1.59 bits per heavy atom. The van der Waals surface area contributed by atoms with Crippen molar-refractivity contribution in [2.45, 2.75) is 39.0 Å². The van der Waals surface area contributed by atoms with Gasteiger partial charge in [-0.2, -0.15) is 0 Å². The van der Waals surface area contributed by atoms with Gasteiger partial charge in [-0.25, -0.2) is 0 Å². The average molecular weight is 300 g/mol. The second kappa shape index (κ2) is 8.37. The Morgan fingerprint density at radius 3 is 2.18 bits per heavy atom. The molecule has 1 aromatic rings. The molecule has 0 atom stereocenters. The van der Waals surface area contributed by atoms with Crippen LogP contribution >= 0.6 is 0 Å². The molecule has 1 heterocycles. The number of amides is 2. The summed E-state index contributed by atoms with van der Waals surface area (Å²) in [5, 5.41) is 2.69. The van der Waals surface area contributed by atoms with Gasteiger partial charge in [0.05, 0.1) is 0 Å². The van der Waals surface area contributed by atoms with Crippen molar-refractivity contribution in [1.29, 1.82) is 0 Å². The van der Waals surface area contributed by atoms with Crippen LogP contribution in [0.2, 0.25) is 0 Å². The molecular formula is C18H24N2O2. The van der Waals surface area contributed by atoms with Crippen LogP contribution in [0.1, 0.15) is 44.6 Å². The van der Waals surface area contributed by atoms with Crippen molar-refractivity contribution < 1.29 is 9.59 Å².